The molecule has 0 spiro atoms. The number of hydrogen-bond donors (Lipinski definition) is 1. The summed E-state index contributed by atoms with van der Waals surface area (Å²) in [6.45, 7) is 9.78. The Hall–Kier alpha value is -2.07. The van der Waals surface area contributed by atoms with E-state index in [9.17, 15) is 14.9 Å². The van der Waals surface area contributed by atoms with E-state index in [4.69, 9.17) is 0 Å². The Morgan fingerprint density at radius 1 is 1.14 bits per heavy atom. The van der Waals surface area contributed by atoms with Crippen LogP contribution in [0.3, 0.4) is 0 Å². The minimum atomic E-state index is -0.572. The van der Waals surface area contributed by atoms with E-state index < -0.39 is 11.2 Å². The van der Waals surface area contributed by atoms with Crippen LogP contribution < -0.4 is 16.6 Å². The summed E-state index contributed by atoms with van der Waals surface area (Å²) >= 11 is 0. The molecule has 0 aliphatic carbocycles. The molecule has 0 atom stereocenters. The molecule has 0 bridgehead atoms. The lowest BCUT2D eigenvalue weighted by atomic mass is 10.2. The first-order valence-corrected chi connectivity index (χ1v) is 7.42. The van der Waals surface area contributed by atoms with Gasteiger partial charge in [-0.3, -0.25) is 18.8 Å². The summed E-state index contributed by atoms with van der Waals surface area (Å²) in [6.07, 6.45) is 0. The Morgan fingerprint density at radius 3 is 2.14 bits per heavy atom. The van der Waals surface area contributed by atoms with Crippen molar-refractivity contribution in [3.05, 3.63) is 26.4 Å². The molecule has 1 aromatic heterocycles. The van der Waals surface area contributed by atoms with Crippen LogP contribution in [-0.2, 0) is 14.1 Å². The molecule has 7 heteroatoms. The number of aromatic nitrogens is 2. The summed E-state index contributed by atoms with van der Waals surface area (Å²) < 4.78 is 2.24. The minimum Gasteiger partial charge on any atom is -0.369 e. The molecule has 0 aliphatic rings. The van der Waals surface area contributed by atoms with Crippen LogP contribution in [0.15, 0.2) is 9.59 Å². The van der Waals surface area contributed by atoms with Gasteiger partial charge >= 0.3 is 5.69 Å². The minimum absolute atomic E-state index is 0.0368. The van der Waals surface area contributed by atoms with Crippen LogP contribution >= 0.6 is 0 Å². The van der Waals surface area contributed by atoms with Gasteiger partial charge in [0.15, 0.2) is 5.56 Å². The SMILES string of the molecule is CC(C)N(CCNc1c(C#N)c(=O)n(C)c(=O)n1C)C(C)C. The molecule has 0 radical (unpaired) electrons. The Morgan fingerprint density at radius 2 is 1.68 bits per heavy atom. The lowest BCUT2D eigenvalue weighted by Gasteiger charge is -2.30. The third-order valence-corrected chi connectivity index (χ3v) is 3.77. The molecule has 22 heavy (non-hydrogen) atoms. The average molecular weight is 307 g/mol. The molecule has 0 aliphatic heterocycles. The third kappa shape index (κ3) is 3.57. The summed E-state index contributed by atoms with van der Waals surface area (Å²) in [6, 6.07) is 2.67. The molecule has 0 unspecified atom stereocenters. The molecule has 0 amide bonds. The summed E-state index contributed by atoms with van der Waals surface area (Å²) in [5, 5.41) is 12.3. The van der Waals surface area contributed by atoms with E-state index in [0.717, 1.165) is 11.1 Å². The van der Waals surface area contributed by atoms with E-state index in [1.807, 2.05) is 6.07 Å². The maximum Gasteiger partial charge on any atom is 0.332 e. The van der Waals surface area contributed by atoms with Gasteiger partial charge in [0, 0.05) is 39.3 Å². The van der Waals surface area contributed by atoms with Crippen LogP contribution in [0.2, 0.25) is 0 Å². The number of nitrogens with zero attached hydrogens (tertiary/aromatic N) is 4. The zero-order valence-electron chi connectivity index (χ0n) is 14.2. The first-order valence-electron chi connectivity index (χ1n) is 7.42. The lowest BCUT2D eigenvalue weighted by Crippen LogP contribution is -2.42. The summed E-state index contributed by atoms with van der Waals surface area (Å²) in [5.41, 5.74) is -1.06. The fourth-order valence-corrected chi connectivity index (χ4v) is 2.57. The Kier molecular flexibility index (Phi) is 5.94. The van der Waals surface area contributed by atoms with E-state index >= 15 is 0 Å². The predicted molar refractivity (Wildman–Crippen MR) is 87.1 cm³/mol. The topological polar surface area (TPSA) is 83.1 Å². The molecular weight excluding hydrogens is 282 g/mol. The molecule has 1 aromatic rings. The van der Waals surface area contributed by atoms with Gasteiger partial charge in [-0.25, -0.2) is 4.79 Å². The van der Waals surface area contributed by atoms with Crippen LogP contribution in [-0.4, -0.2) is 39.2 Å². The fourth-order valence-electron chi connectivity index (χ4n) is 2.57. The zero-order valence-corrected chi connectivity index (χ0v) is 14.2. The number of anilines is 1. The number of rotatable bonds is 6. The van der Waals surface area contributed by atoms with Gasteiger partial charge in [0.1, 0.15) is 11.9 Å². The Bertz CT molecular complexity index is 671. The highest BCUT2D eigenvalue weighted by molar-refractivity contribution is 5.51. The van der Waals surface area contributed by atoms with Crippen molar-refractivity contribution >= 4 is 5.82 Å². The van der Waals surface area contributed by atoms with Gasteiger partial charge in [-0.15, -0.1) is 0 Å². The molecule has 0 saturated carbocycles. The first kappa shape index (κ1) is 18.0. The normalized spacial score (nSPS) is 11.3. The second-order valence-electron chi connectivity index (χ2n) is 5.89. The fraction of sp³-hybridized carbons (Fsp3) is 0.667. The number of nitriles is 1. The summed E-state index contributed by atoms with van der Waals surface area (Å²) in [7, 11) is 2.92. The molecule has 1 N–H and O–H groups in total. The zero-order chi connectivity index (χ0) is 17.0. The highest BCUT2D eigenvalue weighted by atomic mass is 16.2. The van der Waals surface area contributed by atoms with Gasteiger partial charge in [-0.05, 0) is 27.7 Å². The van der Waals surface area contributed by atoms with Crippen molar-refractivity contribution < 1.29 is 0 Å². The van der Waals surface area contributed by atoms with Crippen molar-refractivity contribution in [2.45, 2.75) is 39.8 Å². The van der Waals surface area contributed by atoms with E-state index in [1.54, 1.807) is 7.05 Å². The van der Waals surface area contributed by atoms with E-state index in [0.29, 0.717) is 18.6 Å². The van der Waals surface area contributed by atoms with E-state index in [1.165, 1.54) is 11.6 Å². The highest BCUT2D eigenvalue weighted by Gasteiger charge is 2.16. The van der Waals surface area contributed by atoms with Gasteiger partial charge in [-0.1, -0.05) is 0 Å². The molecule has 1 heterocycles. The first-order chi connectivity index (χ1) is 10.2. The van der Waals surface area contributed by atoms with Gasteiger partial charge in [0.05, 0.1) is 0 Å². The molecule has 0 fully saturated rings. The van der Waals surface area contributed by atoms with Crippen LogP contribution in [0.5, 0.6) is 0 Å². The van der Waals surface area contributed by atoms with Gasteiger partial charge in [-0.2, -0.15) is 5.26 Å². The highest BCUT2D eigenvalue weighted by Crippen LogP contribution is 2.08. The smallest absolute Gasteiger partial charge is 0.332 e. The van der Waals surface area contributed by atoms with Crippen molar-refractivity contribution in [3.63, 3.8) is 0 Å². The van der Waals surface area contributed by atoms with E-state index in [-0.39, 0.29) is 11.4 Å². The molecule has 1 rings (SSSR count). The van der Waals surface area contributed by atoms with Crippen molar-refractivity contribution in [1.82, 2.24) is 14.0 Å². The summed E-state index contributed by atoms with van der Waals surface area (Å²) in [5.74, 6) is 0.281. The molecule has 0 aromatic carbocycles. The van der Waals surface area contributed by atoms with Gasteiger partial charge < -0.3 is 5.32 Å². The van der Waals surface area contributed by atoms with Gasteiger partial charge in [0.2, 0.25) is 0 Å². The van der Waals surface area contributed by atoms with Crippen LogP contribution in [0.25, 0.3) is 0 Å². The lowest BCUT2D eigenvalue weighted by molar-refractivity contribution is 0.182. The maximum absolute atomic E-state index is 12.0. The van der Waals surface area contributed by atoms with Gasteiger partial charge in [0.25, 0.3) is 5.56 Å². The largest absolute Gasteiger partial charge is 0.369 e. The quantitative estimate of drug-likeness (QED) is 0.827. The molecule has 7 nitrogen and oxygen atoms in total. The third-order valence-electron chi connectivity index (χ3n) is 3.77. The van der Waals surface area contributed by atoms with Crippen molar-refractivity contribution in [3.8, 4) is 6.07 Å². The van der Waals surface area contributed by atoms with Crippen molar-refractivity contribution in [2.75, 3.05) is 18.4 Å². The van der Waals surface area contributed by atoms with Crippen molar-refractivity contribution in [2.24, 2.45) is 14.1 Å². The summed E-state index contributed by atoms with van der Waals surface area (Å²) in [4.78, 5) is 26.2. The Labute approximate surface area is 130 Å². The van der Waals surface area contributed by atoms with Crippen molar-refractivity contribution in [1.29, 1.82) is 5.26 Å². The predicted octanol–water partition coefficient (Wildman–Crippen LogP) is 0.486. The number of nitrogens with one attached hydrogen (secondary N) is 1. The van der Waals surface area contributed by atoms with Crippen LogP contribution in [0.4, 0.5) is 5.82 Å². The van der Waals surface area contributed by atoms with E-state index in [2.05, 4.69) is 37.9 Å². The second-order valence-corrected chi connectivity index (χ2v) is 5.89. The molecule has 0 saturated heterocycles. The monoisotopic (exact) mass is 307 g/mol. The molecular formula is C15H25N5O2. The van der Waals surface area contributed by atoms with Crippen LogP contribution in [0.1, 0.15) is 33.3 Å². The number of hydrogen-bond acceptors (Lipinski definition) is 5. The standard InChI is InChI=1S/C15H25N5O2/c1-10(2)20(11(3)4)8-7-17-13-12(9-16)14(21)19(6)15(22)18(13)5/h10-11,17H,7-8H2,1-6H3. The second kappa shape index (κ2) is 7.27. The van der Waals surface area contributed by atoms with Crippen LogP contribution in [0, 0.1) is 11.3 Å². The molecule has 122 valence electrons. The Balaban J connectivity index is 3.03. The maximum atomic E-state index is 12.0. The average Bonchev–Trinajstić information content (AvgIpc) is 2.45.